The molecule has 5 rings (SSSR count). The third kappa shape index (κ3) is 3.02. The van der Waals surface area contributed by atoms with Gasteiger partial charge in [-0.1, -0.05) is 12.8 Å². The first-order valence-electron chi connectivity index (χ1n) is 10.8. The number of carbonyl (C=O) groups is 2. The van der Waals surface area contributed by atoms with Crippen molar-refractivity contribution in [2.45, 2.75) is 64.2 Å². The van der Waals surface area contributed by atoms with Crippen LogP contribution < -0.4 is 0 Å². The molecule has 0 saturated carbocycles. The van der Waals surface area contributed by atoms with Crippen molar-refractivity contribution in [1.29, 1.82) is 0 Å². The van der Waals surface area contributed by atoms with Crippen LogP contribution in [0.5, 0.6) is 0 Å². The van der Waals surface area contributed by atoms with Crippen molar-refractivity contribution in [3.63, 3.8) is 0 Å². The molecule has 0 radical (unpaired) electrons. The Labute approximate surface area is 174 Å². The van der Waals surface area contributed by atoms with E-state index in [1.54, 1.807) is 12.1 Å². The van der Waals surface area contributed by atoms with Gasteiger partial charge in [-0.15, -0.1) is 0 Å². The van der Waals surface area contributed by atoms with Gasteiger partial charge in [0.05, 0.1) is 22.2 Å². The maximum atomic E-state index is 12.3. The summed E-state index contributed by atoms with van der Waals surface area (Å²) in [6, 6.07) is 3.51. The first-order chi connectivity index (χ1) is 14.5. The van der Waals surface area contributed by atoms with E-state index in [-0.39, 0.29) is 11.1 Å². The van der Waals surface area contributed by atoms with Gasteiger partial charge < -0.3 is 10.2 Å². The highest BCUT2D eigenvalue weighted by molar-refractivity contribution is 6.12. The second-order valence-corrected chi connectivity index (χ2v) is 8.44. The van der Waals surface area contributed by atoms with Crippen LogP contribution in [0, 0.1) is 0 Å². The quantitative estimate of drug-likeness (QED) is 0.474. The van der Waals surface area contributed by atoms with Gasteiger partial charge in [0.1, 0.15) is 0 Å². The van der Waals surface area contributed by atoms with Crippen molar-refractivity contribution in [1.82, 2.24) is 9.97 Å². The molecule has 0 unspecified atom stereocenters. The number of aromatic carboxylic acids is 2. The maximum Gasteiger partial charge on any atom is 0.336 e. The molecule has 0 atom stereocenters. The summed E-state index contributed by atoms with van der Waals surface area (Å²) in [5.41, 5.74) is 5.11. The van der Waals surface area contributed by atoms with Crippen LogP contribution in [0.4, 0.5) is 0 Å². The number of benzene rings is 1. The first kappa shape index (κ1) is 19.0. The van der Waals surface area contributed by atoms with E-state index in [1.165, 1.54) is 0 Å². The van der Waals surface area contributed by atoms with E-state index in [2.05, 4.69) is 0 Å². The molecule has 3 aromatic rings. The number of pyridine rings is 2. The van der Waals surface area contributed by atoms with Crippen LogP contribution in [0.2, 0.25) is 0 Å². The lowest BCUT2D eigenvalue weighted by molar-refractivity contribution is 0.0687. The summed E-state index contributed by atoms with van der Waals surface area (Å²) in [7, 11) is 0. The summed E-state index contributed by atoms with van der Waals surface area (Å²) < 4.78 is 0. The average Bonchev–Trinajstić information content (AvgIpc) is 3.08. The van der Waals surface area contributed by atoms with Crippen molar-refractivity contribution < 1.29 is 19.8 Å². The molecule has 2 N–H and O–H groups in total. The normalized spacial score (nSPS) is 16.5. The highest BCUT2D eigenvalue weighted by Crippen LogP contribution is 2.34. The van der Waals surface area contributed by atoms with Gasteiger partial charge in [0, 0.05) is 22.2 Å². The topological polar surface area (TPSA) is 100 Å². The summed E-state index contributed by atoms with van der Waals surface area (Å²) in [5, 5.41) is 21.1. The molecule has 2 heterocycles. The first-order valence-corrected chi connectivity index (χ1v) is 10.8. The molecule has 2 aliphatic carbocycles. The fraction of sp³-hybridized carbons (Fsp3) is 0.417. The van der Waals surface area contributed by atoms with Gasteiger partial charge in [-0.3, -0.25) is 9.97 Å². The number of aryl methyl sites for hydroxylation is 2. The van der Waals surface area contributed by atoms with Crippen molar-refractivity contribution in [3.8, 4) is 0 Å². The number of carboxylic acid groups (broad SMARTS) is 2. The van der Waals surface area contributed by atoms with E-state index in [4.69, 9.17) is 9.97 Å². The molecule has 6 nitrogen and oxygen atoms in total. The Morgan fingerprint density at radius 1 is 0.633 bits per heavy atom. The minimum atomic E-state index is -0.973. The molecule has 2 aliphatic rings. The number of hydrogen-bond acceptors (Lipinski definition) is 4. The van der Waals surface area contributed by atoms with Crippen molar-refractivity contribution in [2.75, 3.05) is 0 Å². The lowest BCUT2D eigenvalue weighted by atomic mass is 9.92. The van der Waals surface area contributed by atoms with Crippen LogP contribution in [0.3, 0.4) is 0 Å². The molecular formula is C24H24N2O4. The number of aromatic nitrogens is 2. The number of fused-ring (bicyclic) bond motifs is 4. The Morgan fingerprint density at radius 3 is 1.50 bits per heavy atom. The summed E-state index contributed by atoms with van der Waals surface area (Å²) in [4.78, 5) is 34.2. The van der Waals surface area contributed by atoms with E-state index >= 15 is 0 Å². The predicted octanol–water partition coefficient (Wildman–Crippen LogP) is 4.72. The smallest absolute Gasteiger partial charge is 0.336 e. The zero-order valence-electron chi connectivity index (χ0n) is 16.8. The van der Waals surface area contributed by atoms with E-state index in [1.807, 2.05) is 0 Å². The summed E-state index contributed by atoms with van der Waals surface area (Å²) in [5.74, 6) is -1.95. The minimum absolute atomic E-state index is 0.282. The van der Waals surface area contributed by atoms with Crippen LogP contribution in [0.25, 0.3) is 21.8 Å². The second-order valence-electron chi connectivity index (χ2n) is 8.44. The number of rotatable bonds is 2. The monoisotopic (exact) mass is 404 g/mol. The van der Waals surface area contributed by atoms with Crippen LogP contribution in [0.15, 0.2) is 12.1 Å². The molecule has 30 heavy (non-hydrogen) atoms. The molecule has 154 valence electrons. The molecule has 2 aromatic heterocycles. The Balaban J connectivity index is 1.89. The highest BCUT2D eigenvalue weighted by Gasteiger charge is 2.25. The predicted molar refractivity (Wildman–Crippen MR) is 113 cm³/mol. The zero-order valence-corrected chi connectivity index (χ0v) is 16.8. The Bertz CT molecular complexity index is 1120. The third-order valence-electron chi connectivity index (χ3n) is 6.57. The minimum Gasteiger partial charge on any atom is -0.478 e. The number of nitrogens with zero attached hydrogens (tertiary/aromatic N) is 2. The van der Waals surface area contributed by atoms with E-state index in [9.17, 15) is 19.8 Å². The lowest BCUT2D eigenvalue weighted by Crippen LogP contribution is -2.11. The molecule has 0 fully saturated rings. The van der Waals surface area contributed by atoms with Crippen LogP contribution in [-0.2, 0) is 25.7 Å². The van der Waals surface area contributed by atoms with Crippen LogP contribution >= 0.6 is 0 Å². The van der Waals surface area contributed by atoms with Gasteiger partial charge in [-0.25, -0.2) is 9.59 Å². The highest BCUT2D eigenvalue weighted by atomic mass is 16.4. The van der Waals surface area contributed by atoms with Crippen molar-refractivity contribution in [3.05, 3.63) is 45.8 Å². The molecule has 0 saturated heterocycles. The maximum absolute atomic E-state index is 12.3. The zero-order chi connectivity index (χ0) is 20.8. The van der Waals surface area contributed by atoms with Gasteiger partial charge in [0.2, 0.25) is 0 Å². The Hall–Kier alpha value is -3.02. The van der Waals surface area contributed by atoms with Gasteiger partial charge in [0.15, 0.2) is 0 Å². The summed E-state index contributed by atoms with van der Waals surface area (Å²) >= 11 is 0. The van der Waals surface area contributed by atoms with Crippen LogP contribution in [0.1, 0.15) is 81.8 Å². The molecule has 0 bridgehead atoms. The van der Waals surface area contributed by atoms with E-state index in [0.29, 0.717) is 34.6 Å². The second kappa shape index (κ2) is 7.35. The standard InChI is InChI=1S/C24H24N2O4/c27-23(28)21-13-7-3-1-5-9-17(13)25-19-12-20-16(11-15(19)21)22(24(29)30)14-8-4-2-6-10-18(14)26-20/h11-12H,1-10H2,(H,27,28)(H,29,30). The SMILES string of the molecule is O=C(O)c1c2c(nc3cc4nc5c(c(C(=O)O)c4cc13)CCCCC5)CCCCC2. The van der Waals surface area contributed by atoms with Crippen LogP contribution in [-0.4, -0.2) is 32.1 Å². The largest absolute Gasteiger partial charge is 0.478 e. The Kier molecular flexibility index (Phi) is 4.65. The third-order valence-corrected chi connectivity index (χ3v) is 6.57. The van der Waals surface area contributed by atoms with E-state index < -0.39 is 11.9 Å². The fourth-order valence-electron chi connectivity index (χ4n) is 5.18. The van der Waals surface area contributed by atoms with Crippen molar-refractivity contribution >= 4 is 33.7 Å². The molecular weight excluding hydrogens is 380 g/mol. The van der Waals surface area contributed by atoms with Gasteiger partial charge in [-0.05, 0) is 74.6 Å². The number of carboxylic acids is 2. The molecule has 6 heteroatoms. The van der Waals surface area contributed by atoms with Crippen molar-refractivity contribution in [2.24, 2.45) is 0 Å². The molecule has 0 aliphatic heterocycles. The average molecular weight is 404 g/mol. The lowest BCUT2D eigenvalue weighted by Gasteiger charge is -2.16. The molecule has 0 spiro atoms. The number of hydrogen-bond donors (Lipinski definition) is 2. The summed E-state index contributed by atoms with van der Waals surface area (Å²) in [6.45, 7) is 0. The van der Waals surface area contributed by atoms with E-state index in [0.717, 1.165) is 73.9 Å². The fourth-order valence-corrected chi connectivity index (χ4v) is 5.18. The molecule has 0 amide bonds. The molecule has 1 aromatic carbocycles. The summed E-state index contributed by atoms with van der Waals surface area (Å²) in [6.07, 6.45) is 8.99. The van der Waals surface area contributed by atoms with Gasteiger partial charge in [0.25, 0.3) is 0 Å². The van der Waals surface area contributed by atoms with Gasteiger partial charge >= 0.3 is 11.9 Å². The Morgan fingerprint density at radius 2 is 1.07 bits per heavy atom. The van der Waals surface area contributed by atoms with Gasteiger partial charge in [-0.2, -0.15) is 0 Å².